The van der Waals surface area contributed by atoms with Gasteiger partial charge in [-0.2, -0.15) is 0 Å². The van der Waals surface area contributed by atoms with Gasteiger partial charge in [0.15, 0.2) is 0 Å². The Morgan fingerprint density at radius 2 is 2.11 bits per heavy atom. The quantitative estimate of drug-likeness (QED) is 0.616. The summed E-state index contributed by atoms with van der Waals surface area (Å²) in [6.45, 7) is 0. The summed E-state index contributed by atoms with van der Waals surface area (Å²) >= 11 is 3.12. The molecule has 1 aromatic carbocycles. The van der Waals surface area contributed by atoms with Crippen LogP contribution in [0, 0.1) is 0 Å². The summed E-state index contributed by atoms with van der Waals surface area (Å²) in [5, 5.41) is 0. The monoisotopic (exact) mass is 186 g/mol. The summed E-state index contributed by atoms with van der Waals surface area (Å²) in [4.78, 5) is 10.3. The van der Waals surface area contributed by atoms with Crippen LogP contribution in [0.4, 0.5) is 0 Å². The summed E-state index contributed by atoms with van der Waals surface area (Å²) in [5.74, 6) is 0. The van der Waals surface area contributed by atoms with Crippen molar-refractivity contribution < 1.29 is 7.54 Å². The lowest BCUT2D eigenvalue weighted by Gasteiger charge is -1.87. The lowest BCUT2D eigenvalue weighted by atomic mass is 10.2. The Bertz CT molecular complexity index is 275. The van der Waals surface area contributed by atoms with Crippen LogP contribution in [-0.2, 0) is 0 Å². The van der Waals surface area contributed by atoms with Crippen LogP contribution in [-0.4, -0.2) is 6.29 Å². The number of carbonyl (C=O) groups excluding carboxylic acids is 1. The van der Waals surface area contributed by atoms with Crippen LogP contribution in [0.1, 0.15) is 13.1 Å². The van der Waals surface area contributed by atoms with E-state index in [4.69, 9.17) is 2.74 Å². The Hall–Kier alpha value is -0.630. The van der Waals surface area contributed by atoms with Crippen molar-refractivity contribution >= 4 is 22.2 Å². The van der Waals surface area contributed by atoms with Crippen molar-refractivity contribution in [2.24, 2.45) is 0 Å². The minimum Gasteiger partial charge on any atom is -0.298 e. The van der Waals surface area contributed by atoms with Gasteiger partial charge in [-0.25, -0.2) is 0 Å². The van der Waals surface area contributed by atoms with Gasteiger partial charge in [-0.05, 0) is 12.1 Å². The highest BCUT2D eigenvalue weighted by Crippen LogP contribution is 2.08. The molecular formula is C7H5BrO. The number of benzene rings is 1. The second kappa shape index (κ2) is 2.78. The molecule has 0 aliphatic heterocycles. The third-order valence-corrected chi connectivity index (χ3v) is 1.31. The molecule has 0 N–H and O–H groups in total. The molecule has 0 unspecified atom stereocenters. The van der Waals surface area contributed by atoms with E-state index in [2.05, 4.69) is 15.9 Å². The Kier molecular flexibility index (Phi) is 1.31. The molecule has 1 aromatic rings. The standard InChI is InChI=1S/C7H5BrO/c8-7-3-1-6(5-9)2-4-7/h1-5H/i1D,2D. The summed E-state index contributed by atoms with van der Waals surface area (Å²) < 4.78 is 15.2. The third-order valence-electron chi connectivity index (χ3n) is 0.849. The second-order valence-corrected chi connectivity index (χ2v) is 2.41. The molecule has 0 spiro atoms. The molecule has 0 fully saturated rings. The number of aldehydes is 1. The topological polar surface area (TPSA) is 17.1 Å². The molecule has 0 aliphatic rings. The van der Waals surface area contributed by atoms with Gasteiger partial charge >= 0.3 is 0 Å². The largest absolute Gasteiger partial charge is 0.298 e. The molecule has 0 heterocycles. The summed E-state index contributed by atoms with van der Waals surface area (Å²) in [7, 11) is 0. The van der Waals surface area contributed by atoms with Crippen LogP contribution in [0.5, 0.6) is 0 Å². The number of hydrogen-bond acceptors (Lipinski definition) is 1. The smallest absolute Gasteiger partial charge is 0.150 e. The average Bonchev–Trinajstić information content (AvgIpc) is 1.85. The van der Waals surface area contributed by atoms with E-state index < -0.39 is 0 Å². The van der Waals surface area contributed by atoms with Gasteiger partial charge in [0.05, 0.1) is 2.74 Å². The van der Waals surface area contributed by atoms with Crippen LogP contribution in [0.15, 0.2) is 28.7 Å². The van der Waals surface area contributed by atoms with Crippen molar-refractivity contribution in [3.63, 3.8) is 0 Å². The van der Waals surface area contributed by atoms with Crippen molar-refractivity contribution in [3.8, 4) is 0 Å². The van der Waals surface area contributed by atoms with Gasteiger partial charge in [0.2, 0.25) is 0 Å². The molecule has 0 atom stereocenters. The van der Waals surface area contributed by atoms with Gasteiger partial charge in [-0.15, -0.1) is 0 Å². The van der Waals surface area contributed by atoms with E-state index in [0.717, 1.165) is 0 Å². The third kappa shape index (κ3) is 1.64. The Morgan fingerprint density at radius 3 is 2.56 bits per heavy atom. The number of rotatable bonds is 1. The zero-order chi connectivity index (χ0) is 8.43. The summed E-state index contributed by atoms with van der Waals surface area (Å²) in [6, 6.07) is 3.14. The van der Waals surface area contributed by atoms with Gasteiger partial charge in [-0.3, -0.25) is 4.79 Å². The van der Waals surface area contributed by atoms with E-state index in [9.17, 15) is 4.79 Å². The average molecular weight is 187 g/mol. The first-order chi connectivity index (χ1) is 5.15. The van der Waals surface area contributed by atoms with Crippen molar-refractivity contribution in [2.75, 3.05) is 0 Å². The maximum atomic E-state index is 10.3. The van der Waals surface area contributed by atoms with Crippen molar-refractivity contribution in [2.45, 2.75) is 0 Å². The number of carbonyl (C=O) groups is 1. The van der Waals surface area contributed by atoms with Crippen LogP contribution < -0.4 is 0 Å². The SMILES string of the molecule is [2H]c1cc(Br)cc([2H])c1C=O. The van der Waals surface area contributed by atoms with E-state index in [0.29, 0.717) is 10.8 Å². The highest BCUT2D eigenvalue weighted by Gasteiger charge is 1.86. The van der Waals surface area contributed by atoms with Crippen LogP contribution in [0.3, 0.4) is 0 Å². The van der Waals surface area contributed by atoms with E-state index in [-0.39, 0.29) is 17.6 Å². The molecule has 46 valence electrons. The summed E-state index contributed by atoms with van der Waals surface area (Å²) in [6.07, 6.45) is 0.525. The van der Waals surface area contributed by atoms with Gasteiger partial charge < -0.3 is 0 Å². The first-order valence-electron chi connectivity index (χ1n) is 3.37. The van der Waals surface area contributed by atoms with Crippen LogP contribution in [0.2, 0.25) is 0 Å². The van der Waals surface area contributed by atoms with Crippen molar-refractivity contribution in [3.05, 3.63) is 34.3 Å². The minimum atomic E-state index is 0.0828. The predicted octanol–water partition coefficient (Wildman–Crippen LogP) is 2.26. The zero-order valence-electron chi connectivity index (χ0n) is 6.52. The Morgan fingerprint density at radius 1 is 1.56 bits per heavy atom. The lowest BCUT2D eigenvalue weighted by molar-refractivity contribution is 0.112. The van der Waals surface area contributed by atoms with E-state index in [1.807, 2.05) is 0 Å². The molecule has 0 bridgehead atoms. The molecule has 0 radical (unpaired) electrons. The van der Waals surface area contributed by atoms with Crippen LogP contribution in [0.25, 0.3) is 0 Å². The van der Waals surface area contributed by atoms with Gasteiger partial charge in [0.1, 0.15) is 6.29 Å². The van der Waals surface area contributed by atoms with Gasteiger partial charge in [0.25, 0.3) is 0 Å². The number of hydrogen-bond donors (Lipinski definition) is 0. The fraction of sp³-hybridized carbons (Fsp3) is 0. The van der Waals surface area contributed by atoms with Gasteiger partial charge in [0, 0.05) is 10.0 Å². The lowest BCUT2D eigenvalue weighted by Crippen LogP contribution is -1.75. The van der Waals surface area contributed by atoms with Crippen molar-refractivity contribution in [1.29, 1.82) is 0 Å². The van der Waals surface area contributed by atoms with Crippen molar-refractivity contribution in [1.82, 2.24) is 0 Å². The zero-order valence-corrected chi connectivity index (χ0v) is 6.10. The molecule has 1 rings (SSSR count). The molecule has 9 heavy (non-hydrogen) atoms. The molecule has 2 heteroatoms. The molecule has 0 saturated carbocycles. The maximum absolute atomic E-state index is 10.3. The molecule has 1 nitrogen and oxygen atoms in total. The fourth-order valence-corrected chi connectivity index (χ4v) is 0.674. The molecule has 0 amide bonds. The number of halogens is 1. The predicted molar refractivity (Wildman–Crippen MR) is 39.5 cm³/mol. The molecule has 0 saturated heterocycles. The fourth-order valence-electron chi connectivity index (χ4n) is 0.445. The normalized spacial score (nSPS) is 12.1. The maximum Gasteiger partial charge on any atom is 0.150 e. The van der Waals surface area contributed by atoms with Gasteiger partial charge in [-0.1, -0.05) is 28.0 Å². The highest BCUT2D eigenvalue weighted by molar-refractivity contribution is 9.10. The minimum absolute atomic E-state index is 0.0828. The highest BCUT2D eigenvalue weighted by atomic mass is 79.9. The van der Waals surface area contributed by atoms with Crippen LogP contribution >= 0.6 is 15.9 Å². The Labute approximate surface area is 64.6 Å². The molecule has 0 aliphatic carbocycles. The molecular weight excluding hydrogens is 180 g/mol. The summed E-state index contributed by atoms with van der Waals surface area (Å²) in [5.41, 5.74) is 0.133. The first kappa shape index (κ1) is 4.23. The second-order valence-electron chi connectivity index (χ2n) is 1.49. The van der Waals surface area contributed by atoms with E-state index in [1.54, 1.807) is 0 Å². The Balaban J connectivity index is 3.36. The van der Waals surface area contributed by atoms with E-state index >= 15 is 0 Å². The van der Waals surface area contributed by atoms with E-state index in [1.165, 1.54) is 12.1 Å². The first-order valence-corrected chi connectivity index (χ1v) is 3.16. The molecule has 0 aromatic heterocycles.